The Balaban J connectivity index is 2.00. The molecule has 4 nitrogen and oxygen atoms in total. The summed E-state index contributed by atoms with van der Waals surface area (Å²) in [6.45, 7) is 0.294. The number of aliphatic carboxylic acids is 1. The van der Waals surface area contributed by atoms with Crippen molar-refractivity contribution >= 4 is 11.9 Å². The van der Waals surface area contributed by atoms with Crippen LogP contribution in [0.25, 0.3) is 0 Å². The predicted molar refractivity (Wildman–Crippen MR) is 70.5 cm³/mol. The molecule has 1 amide bonds. The second-order valence-electron chi connectivity index (χ2n) is 4.72. The van der Waals surface area contributed by atoms with Gasteiger partial charge in [-0.1, -0.05) is 48.5 Å². The molecule has 2 aromatic rings. The van der Waals surface area contributed by atoms with Crippen molar-refractivity contribution in [2.75, 3.05) is 0 Å². The van der Waals surface area contributed by atoms with Crippen molar-refractivity contribution in [2.24, 2.45) is 0 Å². The van der Waals surface area contributed by atoms with Gasteiger partial charge < -0.3 is 14.8 Å². The predicted octanol–water partition coefficient (Wildman–Crippen LogP) is 1.13. The maximum absolute atomic E-state index is 12.4. The summed E-state index contributed by atoms with van der Waals surface area (Å²) in [5, 5.41) is 11.5. The first-order chi connectivity index (χ1) is 9.68. The maximum Gasteiger partial charge on any atom is 0.255 e. The minimum Gasteiger partial charge on any atom is -0.548 e. The van der Waals surface area contributed by atoms with Crippen LogP contribution in [0.2, 0.25) is 0 Å². The highest BCUT2D eigenvalue weighted by Crippen LogP contribution is 2.30. The quantitative estimate of drug-likeness (QED) is 0.836. The maximum atomic E-state index is 12.4. The van der Waals surface area contributed by atoms with Crippen molar-refractivity contribution < 1.29 is 14.7 Å². The molecule has 1 aliphatic heterocycles. The first-order valence-corrected chi connectivity index (χ1v) is 6.33. The minimum atomic E-state index is -1.27. The van der Waals surface area contributed by atoms with Gasteiger partial charge in [0.15, 0.2) is 0 Å². The Bertz CT molecular complexity index is 666. The molecule has 3 rings (SSSR count). The summed E-state index contributed by atoms with van der Waals surface area (Å²) in [5.74, 6) is -1.53. The van der Waals surface area contributed by atoms with Crippen LogP contribution in [0.1, 0.15) is 27.5 Å². The number of rotatable bonds is 3. The van der Waals surface area contributed by atoms with Gasteiger partial charge in [0.2, 0.25) is 0 Å². The number of carbonyl (C=O) groups excluding carboxylic acids is 2. The van der Waals surface area contributed by atoms with Gasteiger partial charge in [-0.05, 0) is 17.2 Å². The molecule has 0 fully saturated rings. The zero-order valence-corrected chi connectivity index (χ0v) is 10.7. The number of hydrogen-bond donors (Lipinski definition) is 0. The number of fused-ring (bicyclic) bond motifs is 1. The molecule has 0 bridgehead atoms. The molecule has 0 aromatic heterocycles. The van der Waals surface area contributed by atoms with Crippen molar-refractivity contribution in [3.05, 3.63) is 71.3 Å². The zero-order valence-electron chi connectivity index (χ0n) is 10.7. The molecule has 0 aliphatic carbocycles. The van der Waals surface area contributed by atoms with Gasteiger partial charge >= 0.3 is 0 Å². The fraction of sp³-hybridized carbons (Fsp3) is 0.125. The van der Waals surface area contributed by atoms with Crippen LogP contribution in [-0.4, -0.2) is 16.8 Å². The number of hydrogen-bond acceptors (Lipinski definition) is 3. The van der Waals surface area contributed by atoms with E-state index in [4.69, 9.17) is 0 Å². The van der Waals surface area contributed by atoms with Gasteiger partial charge in [-0.3, -0.25) is 4.79 Å². The van der Waals surface area contributed by atoms with E-state index in [0.29, 0.717) is 17.7 Å². The molecule has 0 saturated heterocycles. The third kappa shape index (κ3) is 1.95. The van der Waals surface area contributed by atoms with Gasteiger partial charge in [0.25, 0.3) is 5.91 Å². The molecule has 0 spiro atoms. The Morgan fingerprint density at radius 3 is 2.35 bits per heavy atom. The smallest absolute Gasteiger partial charge is 0.255 e. The van der Waals surface area contributed by atoms with Gasteiger partial charge in [0.1, 0.15) is 0 Å². The van der Waals surface area contributed by atoms with Gasteiger partial charge in [-0.15, -0.1) is 0 Å². The summed E-state index contributed by atoms with van der Waals surface area (Å²) in [6, 6.07) is 14.8. The Hall–Kier alpha value is -2.62. The Morgan fingerprint density at radius 1 is 1.05 bits per heavy atom. The number of nitrogens with zero attached hydrogens (tertiary/aromatic N) is 1. The molecule has 0 unspecified atom stereocenters. The largest absolute Gasteiger partial charge is 0.548 e. The fourth-order valence-corrected chi connectivity index (χ4v) is 2.56. The number of carboxylic acid groups (broad SMARTS) is 1. The number of benzene rings is 2. The number of carboxylic acids is 1. The lowest BCUT2D eigenvalue weighted by molar-refractivity contribution is -0.311. The SMILES string of the molecule is O=C([O-])[C@@H](c1ccccc1)N1Cc2ccccc2C1=O. The highest BCUT2D eigenvalue weighted by molar-refractivity contribution is 6.00. The highest BCUT2D eigenvalue weighted by atomic mass is 16.4. The molecule has 1 heterocycles. The van der Waals surface area contributed by atoms with E-state index >= 15 is 0 Å². The summed E-state index contributed by atoms with van der Waals surface area (Å²) >= 11 is 0. The molecule has 0 saturated carbocycles. The summed E-state index contributed by atoms with van der Waals surface area (Å²) in [6.07, 6.45) is 0. The molecular formula is C16H12NO3-. The molecule has 2 aromatic carbocycles. The average molecular weight is 266 g/mol. The van der Waals surface area contributed by atoms with E-state index in [2.05, 4.69) is 0 Å². The van der Waals surface area contributed by atoms with Crippen molar-refractivity contribution in [2.45, 2.75) is 12.6 Å². The van der Waals surface area contributed by atoms with Gasteiger partial charge in [0, 0.05) is 12.1 Å². The van der Waals surface area contributed by atoms with Crippen LogP contribution < -0.4 is 5.11 Å². The van der Waals surface area contributed by atoms with Crippen LogP contribution in [0.4, 0.5) is 0 Å². The van der Waals surface area contributed by atoms with Crippen LogP contribution in [0.15, 0.2) is 54.6 Å². The number of amides is 1. The molecule has 1 atom stereocenters. The van der Waals surface area contributed by atoms with Crippen molar-refractivity contribution in [3.63, 3.8) is 0 Å². The van der Waals surface area contributed by atoms with Crippen molar-refractivity contribution in [3.8, 4) is 0 Å². The van der Waals surface area contributed by atoms with Crippen LogP contribution in [0.3, 0.4) is 0 Å². The summed E-state index contributed by atoms with van der Waals surface area (Å²) in [5.41, 5.74) is 1.96. The third-order valence-corrected chi connectivity index (χ3v) is 3.50. The third-order valence-electron chi connectivity index (χ3n) is 3.50. The van der Waals surface area contributed by atoms with E-state index in [1.165, 1.54) is 4.90 Å². The van der Waals surface area contributed by atoms with E-state index in [1.54, 1.807) is 42.5 Å². The topological polar surface area (TPSA) is 60.4 Å². The second-order valence-corrected chi connectivity index (χ2v) is 4.72. The second kappa shape index (κ2) is 4.81. The van der Waals surface area contributed by atoms with Gasteiger partial charge in [-0.2, -0.15) is 0 Å². The van der Waals surface area contributed by atoms with Gasteiger partial charge in [0.05, 0.1) is 12.0 Å². The van der Waals surface area contributed by atoms with Gasteiger partial charge in [-0.25, -0.2) is 0 Å². The van der Waals surface area contributed by atoms with Crippen molar-refractivity contribution in [1.82, 2.24) is 4.90 Å². The van der Waals surface area contributed by atoms with Crippen molar-refractivity contribution in [1.29, 1.82) is 0 Å². The summed E-state index contributed by atoms with van der Waals surface area (Å²) in [7, 11) is 0. The first-order valence-electron chi connectivity index (χ1n) is 6.33. The van der Waals surface area contributed by atoms with E-state index in [9.17, 15) is 14.7 Å². The lowest BCUT2D eigenvalue weighted by atomic mass is 10.1. The normalized spacial score (nSPS) is 15.0. The standard InChI is InChI=1S/C16H13NO3/c18-15-13-9-5-4-8-12(13)10-17(15)14(16(19)20)11-6-2-1-3-7-11/h1-9,14H,10H2,(H,19,20)/p-1/t14-/m1/s1. The monoisotopic (exact) mass is 266 g/mol. The van der Waals surface area contributed by atoms with Crippen LogP contribution >= 0.6 is 0 Å². The van der Waals surface area contributed by atoms with E-state index in [1.807, 2.05) is 12.1 Å². The van der Waals surface area contributed by atoms with E-state index < -0.39 is 12.0 Å². The lowest BCUT2D eigenvalue weighted by Gasteiger charge is -2.29. The van der Waals surface area contributed by atoms with E-state index in [0.717, 1.165) is 5.56 Å². The molecule has 1 aliphatic rings. The molecule has 4 heteroatoms. The lowest BCUT2D eigenvalue weighted by Crippen LogP contribution is -2.41. The number of carbonyl (C=O) groups is 2. The highest BCUT2D eigenvalue weighted by Gasteiger charge is 2.33. The molecule has 0 N–H and O–H groups in total. The molecule has 20 heavy (non-hydrogen) atoms. The van der Waals surface area contributed by atoms with Crippen LogP contribution in [0, 0.1) is 0 Å². The zero-order chi connectivity index (χ0) is 14.1. The molecule has 100 valence electrons. The summed E-state index contributed by atoms with van der Waals surface area (Å²) < 4.78 is 0. The van der Waals surface area contributed by atoms with Crippen LogP contribution in [-0.2, 0) is 11.3 Å². The molecule has 0 radical (unpaired) electrons. The van der Waals surface area contributed by atoms with E-state index in [-0.39, 0.29) is 5.91 Å². The average Bonchev–Trinajstić information content (AvgIpc) is 2.78. The minimum absolute atomic E-state index is 0.265. The Morgan fingerprint density at radius 2 is 1.70 bits per heavy atom. The Kier molecular flexibility index (Phi) is 2.99. The van der Waals surface area contributed by atoms with Crippen LogP contribution in [0.5, 0.6) is 0 Å². The Labute approximate surface area is 116 Å². The molecular weight excluding hydrogens is 254 g/mol. The first kappa shape index (κ1) is 12.4. The fourth-order valence-electron chi connectivity index (χ4n) is 2.56. The summed E-state index contributed by atoms with van der Waals surface area (Å²) in [4.78, 5) is 25.2.